The first-order valence-corrected chi connectivity index (χ1v) is 10.7. The van der Waals surface area contributed by atoms with Gasteiger partial charge in [-0.1, -0.05) is 18.2 Å². The number of hydrogen-bond acceptors (Lipinski definition) is 5. The van der Waals surface area contributed by atoms with Crippen LogP contribution < -0.4 is 9.62 Å². The summed E-state index contributed by atoms with van der Waals surface area (Å²) < 4.78 is 27.0. The first-order chi connectivity index (χ1) is 13.8. The van der Waals surface area contributed by atoms with Crippen LogP contribution in [0.25, 0.3) is 6.08 Å². The number of benzene rings is 2. The highest BCUT2D eigenvalue weighted by Crippen LogP contribution is 2.32. The summed E-state index contributed by atoms with van der Waals surface area (Å²) in [6.45, 7) is 0.462. The van der Waals surface area contributed by atoms with E-state index in [1.54, 1.807) is 24.3 Å². The summed E-state index contributed by atoms with van der Waals surface area (Å²) in [4.78, 5) is 24.8. The fraction of sp³-hybridized carbons (Fsp3) is 0.250. The van der Waals surface area contributed by atoms with Gasteiger partial charge in [0.1, 0.15) is 0 Å². The van der Waals surface area contributed by atoms with Gasteiger partial charge in [-0.2, -0.15) is 0 Å². The molecule has 0 saturated heterocycles. The van der Waals surface area contributed by atoms with Crippen LogP contribution in [0.15, 0.2) is 53.4 Å². The summed E-state index contributed by atoms with van der Waals surface area (Å²) in [7, 11) is -3.51. The van der Waals surface area contributed by atoms with Gasteiger partial charge in [-0.25, -0.2) is 13.1 Å². The number of nitrogens with one attached hydrogen (secondary N) is 1. The Labute approximate surface area is 168 Å². The van der Waals surface area contributed by atoms with E-state index in [0.717, 1.165) is 18.4 Å². The molecule has 0 radical (unpaired) electrons. The Morgan fingerprint density at radius 2 is 1.90 bits per heavy atom. The van der Waals surface area contributed by atoms with Crippen LogP contribution in [0.4, 0.5) is 11.4 Å². The largest absolute Gasteiger partial charge is 0.308 e. The second-order valence-corrected chi connectivity index (χ2v) is 8.82. The van der Waals surface area contributed by atoms with Crippen molar-refractivity contribution in [3.8, 4) is 0 Å². The van der Waals surface area contributed by atoms with Gasteiger partial charge in [0.25, 0.3) is 11.6 Å². The number of carbonyl (C=O) groups is 1. The van der Waals surface area contributed by atoms with Gasteiger partial charge in [-0.05, 0) is 48.6 Å². The smallest absolute Gasteiger partial charge is 0.271 e. The van der Waals surface area contributed by atoms with Gasteiger partial charge >= 0.3 is 0 Å². The van der Waals surface area contributed by atoms with E-state index < -0.39 is 14.9 Å². The lowest BCUT2D eigenvalue weighted by Crippen LogP contribution is -2.26. The molecule has 0 unspecified atom stereocenters. The first-order valence-electron chi connectivity index (χ1n) is 9.23. The van der Waals surface area contributed by atoms with E-state index in [1.807, 2.05) is 0 Å². The minimum atomic E-state index is -3.51. The fourth-order valence-electron chi connectivity index (χ4n) is 3.21. The van der Waals surface area contributed by atoms with E-state index in [1.165, 1.54) is 35.2 Å². The van der Waals surface area contributed by atoms with Crippen molar-refractivity contribution < 1.29 is 18.1 Å². The van der Waals surface area contributed by atoms with Crippen LogP contribution >= 0.6 is 0 Å². The summed E-state index contributed by atoms with van der Waals surface area (Å²) in [5, 5.41) is 11.0. The van der Waals surface area contributed by atoms with E-state index in [-0.39, 0.29) is 22.5 Å². The maximum Gasteiger partial charge on any atom is 0.271 e. The van der Waals surface area contributed by atoms with Crippen LogP contribution in [-0.4, -0.2) is 31.8 Å². The number of amides is 1. The Bertz CT molecular complexity index is 1110. The third-order valence-electron chi connectivity index (χ3n) is 4.95. The molecule has 0 atom stereocenters. The Kier molecular flexibility index (Phi) is 4.93. The summed E-state index contributed by atoms with van der Waals surface area (Å²) in [5.41, 5.74) is 2.09. The van der Waals surface area contributed by atoms with E-state index in [4.69, 9.17) is 0 Å². The molecular weight excluding hydrogens is 394 g/mol. The predicted octanol–water partition coefficient (Wildman–Crippen LogP) is 2.64. The van der Waals surface area contributed by atoms with Crippen molar-refractivity contribution in [1.29, 1.82) is 0 Å². The molecule has 8 nitrogen and oxygen atoms in total. The van der Waals surface area contributed by atoms with E-state index in [2.05, 4.69) is 4.72 Å². The maximum atomic E-state index is 12.6. The number of anilines is 1. The number of sulfonamides is 1. The van der Waals surface area contributed by atoms with Gasteiger partial charge in [-0.3, -0.25) is 14.9 Å². The zero-order valence-corrected chi connectivity index (χ0v) is 16.3. The molecule has 1 amide bonds. The predicted molar refractivity (Wildman–Crippen MR) is 108 cm³/mol. The summed E-state index contributed by atoms with van der Waals surface area (Å²) >= 11 is 0. The van der Waals surface area contributed by atoms with Gasteiger partial charge in [-0.15, -0.1) is 0 Å². The van der Waals surface area contributed by atoms with Crippen molar-refractivity contribution in [1.82, 2.24) is 4.72 Å². The first kappa shape index (κ1) is 19.3. The molecule has 1 heterocycles. The second kappa shape index (κ2) is 7.41. The van der Waals surface area contributed by atoms with Gasteiger partial charge in [0.2, 0.25) is 10.0 Å². The number of hydrogen-bond donors (Lipinski definition) is 1. The molecule has 1 N–H and O–H groups in total. The van der Waals surface area contributed by atoms with E-state index in [0.29, 0.717) is 24.2 Å². The fourth-order valence-corrected chi connectivity index (χ4v) is 4.52. The molecular formula is C20H19N3O5S. The van der Waals surface area contributed by atoms with E-state index >= 15 is 0 Å². The Morgan fingerprint density at radius 1 is 1.17 bits per heavy atom. The quantitative estimate of drug-likeness (QED) is 0.445. The molecule has 150 valence electrons. The summed E-state index contributed by atoms with van der Waals surface area (Å²) in [6, 6.07) is 10.8. The number of carbonyl (C=O) groups excluding carboxylic acids is 1. The third kappa shape index (κ3) is 4.20. The number of nitrogens with zero attached hydrogens (tertiary/aromatic N) is 2. The van der Waals surface area contributed by atoms with Crippen molar-refractivity contribution in [3.63, 3.8) is 0 Å². The standard InChI is InChI=1S/C20H19N3O5S/c24-20(22-12-11-15-4-7-17(23(25)26)13-19(15)22)10-3-14-1-8-18(9-2-14)29(27,28)21-16-5-6-16/h1-4,7-10,13,16,21H,5-6,11-12H2/b10-3+. The van der Waals surface area contributed by atoms with Crippen LogP contribution in [-0.2, 0) is 21.2 Å². The van der Waals surface area contributed by atoms with Crippen molar-refractivity contribution in [2.45, 2.75) is 30.2 Å². The second-order valence-electron chi connectivity index (χ2n) is 7.11. The maximum absolute atomic E-state index is 12.6. The number of fused-ring (bicyclic) bond motifs is 1. The zero-order chi connectivity index (χ0) is 20.6. The molecule has 29 heavy (non-hydrogen) atoms. The van der Waals surface area contributed by atoms with Crippen LogP contribution in [0, 0.1) is 10.1 Å². The van der Waals surface area contributed by atoms with Gasteiger partial charge < -0.3 is 4.90 Å². The molecule has 1 aliphatic carbocycles. The molecule has 9 heteroatoms. The van der Waals surface area contributed by atoms with Gasteiger partial charge in [0, 0.05) is 30.8 Å². The lowest BCUT2D eigenvalue weighted by atomic mass is 10.1. The zero-order valence-electron chi connectivity index (χ0n) is 15.4. The van der Waals surface area contributed by atoms with Crippen molar-refractivity contribution >= 4 is 33.4 Å². The molecule has 4 rings (SSSR count). The molecule has 0 bridgehead atoms. The SMILES string of the molecule is O=C(/C=C/c1ccc(S(=O)(=O)NC2CC2)cc1)N1CCc2ccc([N+](=O)[O-])cc21. The number of rotatable bonds is 6. The number of nitro benzene ring substituents is 1. The van der Waals surface area contributed by atoms with Gasteiger partial charge in [0.05, 0.1) is 15.5 Å². The lowest BCUT2D eigenvalue weighted by molar-refractivity contribution is -0.384. The Morgan fingerprint density at radius 3 is 2.55 bits per heavy atom. The minimum Gasteiger partial charge on any atom is -0.308 e. The normalized spacial score (nSPS) is 16.2. The molecule has 2 aliphatic rings. The average Bonchev–Trinajstić information content (AvgIpc) is 3.40. The van der Waals surface area contributed by atoms with Crippen LogP contribution in [0.3, 0.4) is 0 Å². The lowest BCUT2D eigenvalue weighted by Gasteiger charge is -2.14. The molecule has 1 fully saturated rings. The summed E-state index contributed by atoms with van der Waals surface area (Å²) in [5.74, 6) is -0.281. The Hall–Kier alpha value is -3.04. The van der Waals surface area contributed by atoms with Crippen LogP contribution in [0.5, 0.6) is 0 Å². The van der Waals surface area contributed by atoms with Crippen LogP contribution in [0.1, 0.15) is 24.0 Å². The topological polar surface area (TPSA) is 110 Å². The minimum absolute atomic E-state index is 0.0383. The number of nitro groups is 1. The molecule has 1 saturated carbocycles. The molecule has 1 aliphatic heterocycles. The molecule has 2 aromatic carbocycles. The monoisotopic (exact) mass is 413 g/mol. The highest BCUT2D eigenvalue weighted by atomic mass is 32.2. The molecule has 0 aromatic heterocycles. The highest BCUT2D eigenvalue weighted by molar-refractivity contribution is 7.89. The number of non-ortho nitro benzene ring substituents is 1. The van der Waals surface area contributed by atoms with Crippen molar-refractivity contribution in [2.24, 2.45) is 0 Å². The average molecular weight is 413 g/mol. The Balaban J connectivity index is 1.47. The highest BCUT2D eigenvalue weighted by Gasteiger charge is 2.28. The molecule has 0 spiro atoms. The van der Waals surface area contributed by atoms with Crippen molar-refractivity contribution in [3.05, 3.63) is 69.8 Å². The van der Waals surface area contributed by atoms with Gasteiger partial charge in [0.15, 0.2) is 0 Å². The third-order valence-corrected chi connectivity index (χ3v) is 6.49. The van der Waals surface area contributed by atoms with E-state index in [9.17, 15) is 23.3 Å². The molecule has 2 aromatic rings. The summed E-state index contributed by atoms with van der Waals surface area (Å²) in [6.07, 6.45) is 5.37. The van der Waals surface area contributed by atoms with Crippen molar-refractivity contribution in [2.75, 3.05) is 11.4 Å². The van der Waals surface area contributed by atoms with Crippen LogP contribution in [0.2, 0.25) is 0 Å².